The molecule has 0 aliphatic carbocycles. The van der Waals surface area contributed by atoms with E-state index in [2.05, 4.69) is 34.5 Å². The molecule has 0 fully saturated rings. The molecule has 234 valence electrons. The molecule has 0 aliphatic rings. The molecule has 0 saturated carbocycles. The van der Waals surface area contributed by atoms with Crippen molar-refractivity contribution in [1.82, 2.24) is 0 Å². The van der Waals surface area contributed by atoms with Crippen LogP contribution in [-0.4, -0.2) is 53.9 Å². The van der Waals surface area contributed by atoms with Gasteiger partial charge in [-0.25, -0.2) is 19.7 Å². The summed E-state index contributed by atoms with van der Waals surface area (Å²) in [5.41, 5.74) is -5.16. The first-order valence-electron chi connectivity index (χ1n) is 9.99. The van der Waals surface area contributed by atoms with E-state index < -0.39 is 70.2 Å². The smallest absolute Gasteiger partial charge is 0 e. The fourth-order valence-corrected chi connectivity index (χ4v) is 1.86. The van der Waals surface area contributed by atoms with Crippen molar-refractivity contribution in [3.05, 3.63) is 54.2 Å². The zero-order chi connectivity index (χ0) is 35.8. The van der Waals surface area contributed by atoms with Crippen LogP contribution in [0.25, 0.3) is 14.5 Å². The van der Waals surface area contributed by atoms with Crippen LogP contribution in [0, 0.1) is 55.9 Å². The molecule has 0 spiro atoms. The molecule has 3 atom stereocenters. The van der Waals surface area contributed by atoms with Crippen molar-refractivity contribution in [3.63, 3.8) is 0 Å². The molecule has 0 aliphatic heterocycles. The van der Waals surface area contributed by atoms with Gasteiger partial charge in [-0.15, -0.1) is 0 Å². The summed E-state index contributed by atoms with van der Waals surface area (Å²) in [7, 11) is 0. The summed E-state index contributed by atoms with van der Waals surface area (Å²) < 4.78 is 22.5. The van der Waals surface area contributed by atoms with Crippen molar-refractivity contribution in [3.8, 4) is 0 Å². The van der Waals surface area contributed by atoms with E-state index in [-0.39, 0.29) is 21.1 Å². The molecule has 0 saturated heterocycles. The second-order valence-electron chi connectivity index (χ2n) is 8.58. The Balaban J connectivity index is -0.0000000819. The van der Waals surface area contributed by atoms with Crippen LogP contribution in [0.1, 0.15) is 41.5 Å². The molecule has 0 aromatic rings. The van der Waals surface area contributed by atoms with E-state index in [4.69, 9.17) is 33.7 Å². The number of carbonyl (C=O) groups excluding carboxylic acids is 6. The van der Waals surface area contributed by atoms with E-state index in [1.54, 1.807) is 0 Å². The largest absolute Gasteiger partial charge is 0 e. The second kappa shape index (κ2) is 26.1. The van der Waals surface area contributed by atoms with E-state index in [1.165, 1.54) is 0 Å². The molecule has 43 heavy (non-hydrogen) atoms. The van der Waals surface area contributed by atoms with Gasteiger partial charge in [0.2, 0.25) is 0 Å². The van der Waals surface area contributed by atoms with Crippen molar-refractivity contribution < 1.29 is 94.4 Å². The van der Waals surface area contributed by atoms with Crippen molar-refractivity contribution >= 4 is 35.8 Å². The summed E-state index contributed by atoms with van der Waals surface area (Å²) in [4.78, 5) is 69.9. The summed E-state index contributed by atoms with van der Waals surface area (Å²) in [5.74, 6) is -9.81. The van der Waals surface area contributed by atoms with Crippen LogP contribution >= 0.6 is 0 Å². The summed E-state index contributed by atoms with van der Waals surface area (Å²) in [6.07, 6.45) is 0. The molecule has 0 aromatic carbocycles. The third-order valence-electron chi connectivity index (χ3n) is 4.69. The van der Waals surface area contributed by atoms with Crippen LogP contribution in [0.3, 0.4) is 0 Å². The molecule has 0 heterocycles. The van der Waals surface area contributed by atoms with E-state index in [0.29, 0.717) is 0 Å². The zero-order valence-electron chi connectivity index (χ0n) is 23.1. The number of nitrogens with zero attached hydrogens (tertiary/aromatic N) is 3. The summed E-state index contributed by atoms with van der Waals surface area (Å²) in [6.45, 7) is 39.5. The molecular formula is C24H21MoN3O15-6. The topological polar surface area (TPSA) is 314 Å². The van der Waals surface area contributed by atoms with Crippen LogP contribution in [0.15, 0.2) is 0 Å². The van der Waals surface area contributed by atoms with Gasteiger partial charge in [0, 0.05) is 21.1 Å². The van der Waals surface area contributed by atoms with Crippen molar-refractivity contribution in [2.75, 3.05) is 0 Å². The molecule has 18 nitrogen and oxygen atoms in total. The van der Waals surface area contributed by atoms with Crippen LogP contribution in [0.5, 0.6) is 0 Å². The van der Waals surface area contributed by atoms with Crippen LogP contribution in [0.4, 0.5) is 0 Å². The number of rotatable bonds is 9. The van der Waals surface area contributed by atoms with Crippen molar-refractivity contribution in [2.24, 2.45) is 16.2 Å². The Hall–Kier alpha value is -4.80. The molecule has 19 heteroatoms. The number of hydrogen-bond donors (Lipinski definition) is 0. The first-order valence-corrected chi connectivity index (χ1v) is 9.99. The fourth-order valence-electron chi connectivity index (χ4n) is 1.86. The van der Waals surface area contributed by atoms with Gasteiger partial charge in [-0.1, -0.05) is 0 Å². The first kappa shape index (κ1) is 54.3. The second-order valence-corrected chi connectivity index (χ2v) is 8.58. The molecule has 3 unspecified atom stereocenters. The first-order chi connectivity index (χ1) is 19.0. The van der Waals surface area contributed by atoms with Crippen LogP contribution in [0.2, 0.25) is 0 Å². The maximum absolute atomic E-state index is 10.4. The van der Waals surface area contributed by atoms with Gasteiger partial charge < -0.3 is 73.9 Å². The van der Waals surface area contributed by atoms with Gasteiger partial charge in [0.1, 0.15) is 17.9 Å². The average Bonchev–Trinajstić information content (AvgIpc) is 2.88. The molecule has 0 N–H and O–H groups in total. The Bertz CT molecular complexity index is 1010. The quantitative estimate of drug-likeness (QED) is 0.124. The van der Waals surface area contributed by atoms with Crippen molar-refractivity contribution in [2.45, 2.75) is 59.7 Å². The zero-order valence-corrected chi connectivity index (χ0v) is 25.1. The molecule has 0 amide bonds. The number of carboxylic acid groups (broad SMARTS) is 6. The predicted molar refractivity (Wildman–Crippen MR) is 114 cm³/mol. The SMILES string of the molecule is [C-]#[N+]C(C(=O)[O-])C(C)(C)C(=O)[O-].[C-]#[N+]C(C(=O)[O-])C(C)(C)C(=O)[O-].[C-]#[N+]C(C(=O)[O-])C(C)(C)C(=O)[O-].[C-]#[O+].[C-]#[O+].[C-]#[O+].[Mo]. The van der Waals surface area contributed by atoms with E-state index in [9.17, 15) is 59.4 Å². The molecular weight excluding hydrogens is 666 g/mol. The van der Waals surface area contributed by atoms with Gasteiger partial charge in [-0.2, -0.15) is 0 Å². The monoisotopic (exact) mass is 689 g/mol. The molecule has 0 radical (unpaired) electrons. The number of aliphatic carboxylic acids is 6. The number of carboxylic acids is 6. The van der Waals surface area contributed by atoms with E-state index in [1.807, 2.05) is 0 Å². The minimum Gasteiger partial charge on any atom is 0 e. The predicted octanol–water partition coefficient (Wildman–Crippen LogP) is -6.71. The third-order valence-corrected chi connectivity index (χ3v) is 4.69. The molecule has 0 bridgehead atoms. The normalized spacial score (nSPS) is 11.1. The number of hydrogen-bond acceptors (Lipinski definition) is 12. The summed E-state index contributed by atoms with van der Waals surface area (Å²) >= 11 is 0. The Morgan fingerprint density at radius 3 is 0.605 bits per heavy atom. The Morgan fingerprint density at radius 1 is 0.465 bits per heavy atom. The maximum Gasteiger partial charge on any atom is 0 e. The van der Waals surface area contributed by atoms with Crippen LogP contribution in [-0.2, 0) is 63.8 Å². The van der Waals surface area contributed by atoms with Gasteiger partial charge in [0.25, 0.3) is 18.1 Å². The minimum atomic E-state index is -1.72. The number of carbonyl (C=O) groups is 6. The standard InChI is InChI=1S/3C7H9NO4.3CO.Mo/c3*1-7(2,6(11)12)4(8-3)5(9)10;3*1-2;/h3*4H,1-2H3,(H,9,10)(H,11,12);;;;/p-6. The van der Waals surface area contributed by atoms with Gasteiger partial charge in [-0.3, -0.25) is 0 Å². The summed E-state index contributed by atoms with van der Waals surface area (Å²) in [5, 5.41) is 61.9. The van der Waals surface area contributed by atoms with Gasteiger partial charge in [-0.05, 0) is 41.5 Å². The molecule has 0 aromatic heterocycles. The minimum absolute atomic E-state index is 0. The van der Waals surface area contributed by atoms with Gasteiger partial charge >= 0.3 is 33.9 Å². The summed E-state index contributed by atoms with van der Waals surface area (Å²) in [6, 6.07) is -5.12. The third kappa shape index (κ3) is 19.0. The Labute approximate surface area is 260 Å². The maximum atomic E-state index is 10.4. The van der Waals surface area contributed by atoms with E-state index >= 15 is 0 Å². The van der Waals surface area contributed by atoms with Gasteiger partial charge in [0.05, 0.1) is 34.2 Å². The van der Waals surface area contributed by atoms with Gasteiger partial charge in [0.15, 0.2) is 0 Å². The van der Waals surface area contributed by atoms with Crippen LogP contribution < -0.4 is 30.6 Å². The average molecular weight is 687 g/mol. The Kier molecular flexibility index (Phi) is 33.0. The Morgan fingerprint density at radius 2 is 0.581 bits per heavy atom. The molecule has 0 rings (SSSR count). The van der Waals surface area contributed by atoms with Crippen molar-refractivity contribution in [1.29, 1.82) is 0 Å². The van der Waals surface area contributed by atoms with E-state index in [0.717, 1.165) is 41.5 Å². The fraction of sp³-hybridized carbons (Fsp3) is 0.500.